The second kappa shape index (κ2) is 32.1. The van der Waals surface area contributed by atoms with Crippen molar-refractivity contribution in [2.45, 2.75) is 32.2 Å². The summed E-state index contributed by atoms with van der Waals surface area (Å²) in [6.45, 7) is 2.00. The molecule has 110 heavy (non-hydrogen) atoms. The van der Waals surface area contributed by atoms with Gasteiger partial charge in [-0.05, 0) is 109 Å². The van der Waals surface area contributed by atoms with Crippen LogP contribution in [0.25, 0.3) is 137 Å². The molecule has 0 radical (unpaired) electrons. The summed E-state index contributed by atoms with van der Waals surface area (Å²) in [4.78, 5) is 29.7. The lowest BCUT2D eigenvalue weighted by atomic mass is 10.1. The number of halogens is 14. The van der Waals surface area contributed by atoms with Crippen LogP contribution in [0.2, 0.25) is 10.3 Å². The van der Waals surface area contributed by atoms with Crippen LogP contribution >= 0.6 is 23.2 Å². The van der Waals surface area contributed by atoms with Gasteiger partial charge in [0.2, 0.25) is 0 Å². The molecule has 0 saturated carbocycles. The SMILES string of the molecule is Cc1ccccc1-c1cnc(-c2ccc(-c3ccccc3OC(F)(F)F)o2)[nH]1.FC(F)(F)Oc1ccccc1-c1ccc(-c2nc(-c3ccccc3)c(Cl)[nH]2)o1.FC(F)(F)Oc1ccccc1-c1ccc(-c2ncc(-c3ccccc3)[nH]2)o1.FC(F)(F)c1ccccc1-c1ccc(-c2nc(-c3ccccc3)c(Cl)[nH]2)o1. The van der Waals surface area contributed by atoms with Gasteiger partial charge in [-0.15, -0.1) is 39.5 Å². The summed E-state index contributed by atoms with van der Waals surface area (Å²) in [6.07, 6.45) is -15.5. The molecule has 0 saturated heterocycles. The average molecular weight is 1550 g/mol. The molecular formula is C81H52Cl2F12N8O7. The van der Waals surface area contributed by atoms with Gasteiger partial charge in [0.25, 0.3) is 0 Å². The number of aromatic amines is 4. The van der Waals surface area contributed by atoms with Crippen molar-refractivity contribution in [1.82, 2.24) is 39.9 Å². The van der Waals surface area contributed by atoms with Crippen molar-refractivity contribution in [3.63, 3.8) is 0 Å². The molecule has 16 rings (SSSR count). The van der Waals surface area contributed by atoms with Gasteiger partial charge in [-0.1, -0.05) is 193 Å². The van der Waals surface area contributed by atoms with Crippen LogP contribution in [0, 0.1) is 6.92 Å². The molecule has 8 aromatic heterocycles. The number of H-pyrrole nitrogens is 4. The molecular weight excluding hydrogens is 1500 g/mol. The van der Waals surface area contributed by atoms with E-state index >= 15 is 0 Å². The average Bonchev–Trinajstić information content (AvgIpc) is 1.66. The summed E-state index contributed by atoms with van der Waals surface area (Å²) in [7, 11) is 0. The molecule has 29 heteroatoms. The fourth-order valence-corrected chi connectivity index (χ4v) is 11.7. The molecule has 0 aliphatic heterocycles. The molecule has 8 heterocycles. The molecule has 0 aliphatic rings. The highest BCUT2D eigenvalue weighted by atomic mass is 35.5. The zero-order valence-electron chi connectivity index (χ0n) is 56.4. The van der Waals surface area contributed by atoms with Crippen LogP contribution in [0.3, 0.4) is 0 Å². The van der Waals surface area contributed by atoms with Crippen molar-refractivity contribution in [2.24, 2.45) is 0 Å². The minimum Gasteiger partial charge on any atom is -0.453 e. The Labute approximate surface area is 625 Å². The molecule has 0 unspecified atom stereocenters. The number of furan rings is 4. The van der Waals surface area contributed by atoms with Crippen molar-refractivity contribution in [3.8, 4) is 154 Å². The number of nitrogens with one attached hydrogen (secondary N) is 4. The number of benzene rings is 8. The van der Waals surface area contributed by atoms with Gasteiger partial charge in [0.05, 0.1) is 46.0 Å². The van der Waals surface area contributed by atoms with Gasteiger partial charge in [-0.3, -0.25) is 0 Å². The van der Waals surface area contributed by atoms with Crippen LogP contribution in [-0.2, 0) is 6.18 Å². The summed E-state index contributed by atoms with van der Waals surface area (Å²) < 4.78 is 188. The van der Waals surface area contributed by atoms with E-state index in [1.807, 2.05) is 122 Å². The summed E-state index contributed by atoms with van der Waals surface area (Å²) in [5, 5.41) is 0.657. The van der Waals surface area contributed by atoms with Crippen LogP contribution in [0.4, 0.5) is 52.7 Å². The van der Waals surface area contributed by atoms with Crippen LogP contribution in [0.5, 0.6) is 17.2 Å². The lowest BCUT2D eigenvalue weighted by Gasteiger charge is -2.11. The minimum atomic E-state index is -4.80. The number of imidazole rings is 4. The molecule has 0 atom stereocenters. The summed E-state index contributed by atoms with van der Waals surface area (Å²) in [6, 6.07) is 71.5. The largest absolute Gasteiger partial charge is 0.573 e. The number of hydrogen-bond acceptors (Lipinski definition) is 11. The van der Waals surface area contributed by atoms with Crippen LogP contribution in [0.1, 0.15) is 11.1 Å². The van der Waals surface area contributed by atoms with E-state index < -0.39 is 30.8 Å². The molecule has 556 valence electrons. The Hall–Kier alpha value is -13.1. The van der Waals surface area contributed by atoms with E-state index in [1.165, 1.54) is 78.9 Å². The first kappa shape index (κ1) is 75.1. The van der Waals surface area contributed by atoms with Crippen molar-refractivity contribution < 1.29 is 84.6 Å². The molecule has 8 aromatic carbocycles. The zero-order chi connectivity index (χ0) is 77.3. The molecule has 0 fully saturated rings. The Morgan fingerprint density at radius 2 is 0.600 bits per heavy atom. The number of aromatic nitrogens is 8. The number of alkyl halides is 12. The monoisotopic (exact) mass is 1550 g/mol. The summed E-state index contributed by atoms with van der Waals surface area (Å²) >= 11 is 12.5. The quantitative estimate of drug-likeness (QED) is 0.0713. The zero-order valence-corrected chi connectivity index (χ0v) is 57.9. The van der Waals surface area contributed by atoms with Crippen molar-refractivity contribution in [2.75, 3.05) is 0 Å². The maximum absolute atomic E-state index is 13.2. The Balaban J connectivity index is 0.000000129. The third-order valence-electron chi connectivity index (χ3n) is 16.1. The Bertz CT molecular complexity index is 5760. The van der Waals surface area contributed by atoms with E-state index in [2.05, 4.69) is 54.1 Å². The highest BCUT2D eigenvalue weighted by Crippen LogP contribution is 2.43. The molecule has 16 aromatic rings. The second-order valence-corrected chi connectivity index (χ2v) is 24.3. The van der Waals surface area contributed by atoms with E-state index in [0.29, 0.717) is 68.0 Å². The second-order valence-electron chi connectivity index (χ2n) is 23.5. The normalized spacial score (nSPS) is 11.6. The van der Waals surface area contributed by atoms with E-state index in [4.69, 9.17) is 40.9 Å². The maximum Gasteiger partial charge on any atom is 0.573 e. The minimum absolute atomic E-state index is 0.0304. The topological polar surface area (TPSA) is 195 Å². The Morgan fingerprint density at radius 1 is 0.300 bits per heavy atom. The molecule has 15 nitrogen and oxygen atoms in total. The number of rotatable bonds is 15. The predicted molar refractivity (Wildman–Crippen MR) is 388 cm³/mol. The van der Waals surface area contributed by atoms with Gasteiger partial charge in [-0.2, -0.15) is 13.2 Å². The number of hydrogen-bond donors (Lipinski definition) is 4. The van der Waals surface area contributed by atoms with E-state index in [9.17, 15) is 52.7 Å². The van der Waals surface area contributed by atoms with Crippen LogP contribution < -0.4 is 14.2 Å². The molecule has 0 aliphatic carbocycles. The van der Waals surface area contributed by atoms with Crippen molar-refractivity contribution in [1.29, 1.82) is 0 Å². The third kappa shape index (κ3) is 18.4. The van der Waals surface area contributed by atoms with Gasteiger partial charge in [0.15, 0.2) is 46.3 Å². The van der Waals surface area contributed by atoms with Gasteiger partial charge in [0.1, 0.15) is 62.0 Å². The first-order chi connectivity index (χ1) is 52.7. The van der Waals surface area contributed by atoms with Crippen LogP contribution in [0.15, 0.2) is 291 Å². The van der Waals surface area contributed by atoms with E-state index in [-0.39, 0.29) is 62.5 Å². The maximum atomic E-state index is 13.2. The highest BCUT2D eigenvalue weighted by molar-refractivity contribution is 6.32. The first-order valence-corrected chi connectivity index (χ1v) is 33.5. The van der Waals surface area contributed by atoms with Gasteiger partial charge >= 0.3 is 25.3 Å². The van der Waals surface area contributed by atoms with E-state index in [1.54, 1.807) is 73.1 Å². The fraction of sp³-hybridized carbons (Fsp3) is 0.0617. The molecule has 0 amide bonds. The lowest BCUT2D eigenvalue weighted by molar-refractivity contribution is -0.275. The van der Waals surface area contributed by atoms with Crippen molar-refractivity contribution >= 4 is 23.2 Å². The lowest BCUT2D eigenvalue weighted by Crippen LogP contribution is -2.17. The number of para-hydroxylation sites is 3. The standard InChI is InChI=1S/C21H15F3N2O2.C20H12ClF3N2O2.C20H12ClF3N2O.C20H13F3N2O2/c1-13-6-2-3-7-14(13)16-12-25-20(26-16)19-11-10-17(27-19)15-8-4-5-9-18(15)28-21(22,23)24;21-18-17(12-6-2-1-3-7-12)25-19(26-18)16-11-10-14(27-16)13-8-4-5-9-15(13)28-20(22,23)24;21-18-17(12-6-2-1-3-7-12)25-19(26-18)16-11-10-15(27-16)13-8-4-5-9-14(13)20(22,23)24;21-20(22,23)27-17-9-5-4-8-14(17)16-10-11-18(26-16)19-24-12-15(25-19)13-6-2-1-3-7-13/h2-12H,1H3,(H,25,26);1-11H,(H,25,26);1-11H,(H,25,26);1-12H,(H,24,25). The van der Waals surface area contributed by atoms with Crippen molar-refractivity contribution in [3.05, 3.63) is 295 Å². The fourth-order valence-electron chi connectivity index (χ4n) is 11.2. The van der Waals surface area contributed by atoms with Crippen LogP contribution in [-0.4, -0.2) is 59.0 Å². The molecule has 0 bridgehead atoms. The van der Waals surface area contributed by atoms with Gasteiger partial charge in [0, 0.05) is 22.3 Å². The smallest absolute Gasteiger partial charge is 0.453 e. The summed E-state index contributed by atoms with van der Waals surface area (Å²) in [5.41, 5.74) is 7.24. The number of nitrogens with zero attached hydrogens (tertiary/aromatic N) is 4. The molecule has 0 spiro atoms. The number of ether oxygens (including phenoxy) is 3. The Morgan fingerprint density at radius 3 is 0.982 bits per heavy atom. The molecule has 4 N–H and O–H groups in total. The van der Waals surface area contributed by atoms with E-state index in [0.717, 1.165) is 45.3 Å². The van der Waals surface area contributed by atoms with Gasteiger partial charge in [-0.25, -0.2) is 19.9 Å². The predicted octanol–water partition coefficient (Wildman–Crippen LogP) is 25.3. The number of aryl methyl sites for hydroxylation is 1. The first-order valence-electron chi connectivity index (χ1n) is 32.7. The third-order valence-corrected chi connectivity index (χ3v) is 16.6. The van der Waals surface area contributed by atoms with Gasteiger partial charge < -0.3 is 51.8 Å². The highest BCUT2D eigenvalue weighted by Gasteiger charge is 2.37. The Kier molecular flexibility index (Phi) is 21.9. The summed E-state index contributed by atoms with van der Waals surface area (Å²) in [5.74, 6) is 2.95.